The van der Waals surface area contributed by atoms with E-state index in [-0.39, 0.29) is 17.7 Å². The molecule has 2 saturated carbocycles. The first-order chi connectivity index (χ1) is 13.4. The molecule has 3 aliphatic carbocycles. The molecule has 0 spiro atoms. The number of carboxylic acid groups (broad SMARTS) is 1. The van der Waals surface area contributed by atoms with Gasteiger partial charge >= 0.3 is 5.97 Å². The van der Waals surface area contributed by atoms with Gasteiger partial charge in [-0.25, -0.2) is 0 Å². The summed E-state index contributed by atoms with van der Waals surface area (Å²) in [5, 5.41) is 13.1. The van der Waals surface area contributed by atoms with Crippen LogP contribution in [-0.4, -0.2) is 22.9 Å². The normalized spacial score (nSPS) is 30.8. The Bertz CT molecular complexity index is 818. The van der Waals surface area contributed by atoms with Crippen molar-refractivity contribution in [3.05, 3.63) is 16.0 Å². The van der Waals surface area contributed by atoms with E-state index in [1.165, 1.54) is 11.3 Å². The van der Waals surface area contributed by atoms with Crippen LogP contribution in [0.25, 0.3) is 0 Å². The smallest absolute Gasteiger partial charge is 0.307 e. The SMILES string of the molecule is CCC[C@@H]1CCc2c(sc(NC(=O)[C@H]3[C@H]4CC[C@@H](C4)[C@@H]3C(=O)O)c2C(N)=O)C1. The molecule has 1 heterocycles. The number of nitrogens with two attached hydrogens (primary N) is 1. The minimum atomic E-state index is -0.879. The van der Waals surface area contributed by atoms with E-state index in [0.29, 0.717) is 16.5 Å². The van der Waals surface area contributed by atoms with Crippen molar-refractivity contribution in [2.24, 2.45) is 35.3 Å². The summed E-state index contributed by atoms with van der Waals surface area (Å²) in [5.41, 5.74) is 7.10. The van der Waals surface area contributed by atoms with Gasteiger partial charge in [0.05, 0.1) is 17.4 Å². The van der Waals surface area contributed by atoms with Crippen LogP contribution in [0.1, 0.15) is 66.2 Å². The van der Waals surface area contributed by atoms with Crippen LogP contribution < -0.4 is 11.1 Å². The van der Waals surface area contributed by atoms with Gasteiger partial charge in [0, 0.05) is 4.88 Å². The average Bonchev–Trinajstić information content (AvgIpc) is 3.33. The summed E-state index contributed by atoms with van der Waals surface area (Å²) in [6, 6.07) is 0. The number of carbonyl (C=O) groups is 3. The summed E-state index contributed by atoms with van der Waals surface area (Å²) in [6.45, 7) is 2.18. The molecule has 2 amide bonds. The van der Waals surface area contributed by atoms with Gasteiger partial charge in [-0.2, -0.15) is 0 Å². The van der Waals surface area contributed by atoms with E-state index >= 15 is 0 Å². The highest BCUT2D eigenvalue weighted by molar-refractivity contribution is 7.17. The fourth-order valence-electron chi connectivity index (χ4n) is 5.88. The first-order valence-electron chi connectivity index (χ1n) is 10.4. The summed E-state index contributed by atoms with van der Waals surface area (Å²) < 4.78 is 0. The van der Waals surface area contributed by atoms with Crippen LogP contribution in [-0.2, 0) is 22.4 Å². The Hall–Kier alpha value is -1.89. The van der Waals surface area contributed by atoms with E-state index in [2.05, 4.69) is 12.2 Å². The van der Waals surface area contributed by atoms with Gasteiger partial charge in [0.15, 0.2) is 0 Å². The highest BCUT2D eigenvalue weighted by Crippen LogP contribution is 2.53. The van der Waals surface area contributed by atoms with Crippen molar-refractivity contribution in [2.45, 2.75) is 58.3 Å². The molecular weight excluding hydrogens is 376 g/mol. The molecule has 4 N–H and O–H groups in total. The number of rotatable bonds is 6. The minimum Gasteiger partial charge on any atom is -0.481 e. The highest BCUT2D eigenvalue weighted by Gasteiger charge is 2.54. The molecule has 1 aromatic rings. The number of aliphatic carboxylic acids is 1. The maximum Gasteiger partial charge on any atom is 0.307 e. The van der Waals surface area contributed by atoms with Gasteiger partial charge in [0.25, 0.3) is 5.91 Å². The van der Waals surface area contributed by atoms with Gasteiger partial charge in [-0.3, -0.25) is 14.4 Å². The number of fused-ring (bicyclic) bond motifs is 3. The van der Waals surface area contributed by atoms with Crippen LogP contribution in [0.3, 0.4) is 0 Å². The topological polar surface area (TPSA) is 109 Å². The molecule has 4 rings (SSSR count). The molecule has 152 valence electrons. The lowest BCUT2D eigenvalue weighted by atomic mass is 9.78. The van der Waals surface area contributed by atoms with Crippen LogP contribution >= 0.6 is 11.3 Å². The molecule has 0 aromatic carbocycles. The van der Waals surface area contributed by atoms with Crippen LogP contribution in [0.2, 0.25) is 0 Å². The molecule has 7 heteroatoms. The molecule has 1 aromatic heterocycles. The number of carbonyl (C=O) groups excluding carboxylic acids is 2. The third kappa shape index (κ3) is 3.23. The number of anilines is 1. The van der Waals surface area contributed by atoms with Crippen molar-refractivity contribution in [3.8, 4) is 0 Å². The number of primary amides is 1. The predicted molar refractivity (Wildman–Crippen MR) is 107 cm³/mol. The van der Waals surface area contributed by atoms with Crippen molar-refractivity contribution < 1.29 is 19.5 Å². The second kappa shape index (κ2) is 7.50. The third-order valence-electron chi connectivity index (χ3n) is 7.05. The fourth-order valence-corrected chi connectivity index (χ4v) is 7.25. The van der Waals surface area contributed by atoms with Gasteiger partial charge in [-0.05, 0) is 61.8 Å². The molecule has 0 radical (unpaired) electrons. The lowest BCUT2D eigenvalue weighted by molar-refractivity contribution is -0.148. The second-order valence-electron chi connectivity index (χ2n) is 8.68. The van der Waals surface area contributed by atoms with E-state index < -0.39 is 23.7 Å². The minimum absolute atomic E-state index is 0.0974. The Morgan fingerprint density at radius 2 is 1.89 bits per heavy atom. The standard InChI is InChI=1S/C21H28N2O4S/c1-2-3-10-4-7-13-14(8-10)28-20(17(13)18(22)24)23-19(25)15-11-5-6-12(9-11)16(15)21(26)27/h10-12,15-16H,2-9H2,1H3,(H2,22,24)(H,23,25)(H,26,27)/t10-,11+,12+,15+,16+/m1/s1. The van der Waals surface area contributed by atoms with E-state index in [4.69, 9.17) is 5.73 Å². The number of nitrogens with one attached hydrogen (secondary N) is 1. The Kier molecular flexibility index (Phi) is 5.21. The number of thiophene rings is 1. The third-order valence-corrected chi connectivity index (χ3v) is 8.22. The van der Waals surface area contributed by atoms with Crippen LogP contribution in [0.15, 0.2) is 0 Å². The number of hydrogen-bond acceptors (Lipinski definition) is 4. The van der Waals surface area contributed by atoms with E-state index in [0.717, 1.165) is 61.8 Å². The fraction of sp³-hybridized carbons (Fsp3) is 0.667. The van der Waals surface area contributed by atoms with Crippen LogP contribution in [0.4, 0.5) is 5.00 Å². The highest BCUT2D eigenvalue weighted by atomic mass is 32.1. The van der Waals surface area contributed by atoms with Crippen molar-refractivity contribution in [3.63, 3.8) is 0 Å². The van der Waals surface area contributed by atoms with Gasteiger partial charge in [0.2, 0.25) is 5.91 Å². The van der Waals surface area contributed by atoms with Crippen LogP contribution in [0, 0.1) is 29.6 Å². The monoisotopic (exact) mass is 404 g/mol. The summed E-state index contributed by atoms with van der Waals surface area (Å²) in [4.78, 5) is 38.1. The lowest BCUT2D eigenvalue weighted by Gasteiger charge is -2.26. The Morgan fingerprint density at radius 3 is 2.54 bits per heavy atom. The second-order valence-corrected chi connectivity index (χ2v) is 9.79. The molecular formula is C21H28N2O4S. The molecule has 28 heavy (non-hydrogen) atoms. The van der Waals surface area contributed by atoms with E-state index in [9.17, 15) is 19.5 Å². The molecule has 5 atom stereocenters. The van der Waals surface area contributed by atoms with Gasteiger partial charge < -0.3 is 16.2 Å². The molecule has 2 bridgehead atoms. The van der Waals surface area contributed by atoms with E-state index in [1.807, 2.05) is 0 Å². The summed E-state index contributed by atoms with van der Waals surface area (Å²) in [6.07, 6.45) is 7.70. The Balaban J connectivity index is 1.59. The first kappa shape index (κ1) is 19.4. The number of amides is 2. The zero-order valence-corrected chi connectivity index (χ0v) is 17.0. The lowest BCUT2D eigenvalue weighted by Crippen LogP contribution is -2.38. The van der Waals surface area contributed by atoms with Crippen molar-refractivity contribution in [1.29, 1.82) is 0 Å². The molecule has 2 fully saturated rings. The summed E-state index contributed by atoms with van der Waals surface area (Å²) in [5.74, 6) is -1.93. The van der Waals surface area contributed by atoms with Crippen molar-refractivity contribution >= 4 is 34.1 Å². The van der Waals surface area contributed by atoms with Gasteiger partial charge in [-0.1, -0.05) is 19.8 Å². The predicted octanol–water partition coefficient (Wildman–Crippen LogP) is 3.44. The average molecular weight is 405 g/mol. The first-order valence-corrected chi connectivity index (χ1v) is 11.2. The zero-order valence-electron chi connectivity index (χ0n) is 16.2. The van der Waals surface area contributed by atoms with Gasteiger partial charge in [-0.15, -0.1) is 11.3 Å². The molecule has 3 aliphatic rings. The largest absolute Gasteiger partial charge is 0.481 e. The molecule has 0 unspecified atom stereocenters. The quantitative estimate of drug-likeness (QED) is 0.674. The van der Waals surface area contributed by atoms with Gasteiger partial charge in [0.1, 0.15) is 5.00 Å². The molecule has 6 nitrogen and oxygen atoms in total. The molecule has 0 saturated heterocycles. The van der Waals surface area contributed by atoms with E-state index in [1.54, 1.807) is 0 Å². The van der Waals surface area contributed by atoms with Crippen molar-refractivity contribution in [1.82, 2.24) is 0 Å². The summed E-state index contributed by atoms with van der Waals surface area (Å²) in [7, 11) is 0. The maximum atomic E-state index is 13.1. The Morgan fingerprint density at radius 1 is 1.18 bits per heavy atom. The maximum absolute atomic E-state index is 13.1. The number of carboxylic acids is 1. The van der Waals surface area contributed by atoms with Crippen LogP contribution in [0.5, 0.6) is 0 Å². The summed E-state index contributed by atoms with van der Waals surface area (Å²) >= 11 is 1.46. The zero-order chi connectivity index (χ0) is 20.0. The van der Waals surface area contributed by atoms with Crippen molar-refractivity contribution in [2.75, 3.05) is 5.32 Å². The Labute approximate surface area is 168 Å². The number of hydrogen-bond donors (Lipinski definition) is 3. The molecule has 0 aliphatic heterocycles.